The fourth-order valence-electron chi connectivity index (χ4n) is 2.53. The monoisotopic (exact) mass is 378 g/mol. The van der Waals surface area contributed by atoms with Crippen LogP contribution in [0, 0.1) is 26.6 Å². The molecule has 5 nitrogen and oxygen atoms in total. The number of amides is 1. The third-order valence-corrected chi connectivity index (χ3v) is 5.76. The van der Waals surface area contributed by atoms with Crippen LogP contribution in [0.15, 0.2) is 12.1 Å². The molecule has 0 saturated carbocycles. The Bertz CT molecular complexity index is 1000. The van der Waals surface area contributed by atoms with E-state index in [9.17, 15) is 9.18 Å². The lowest BCUT2D eigenvalue weighted by Gasteiger charge is -2.09. The number of halogens is 2. The van der Waals surface area contributed by atoms with Gasteiger partial charge in [-0.15, -0.1) is 16.4 Å². The van der Waals surface area contributed by atoms with Gasteiger partial charge in [0.15, 0.2) is 0 Å². The number of carbonyl (C=O) groups is 1. The highest BCUT2D eigenvalue weighted by atomic mass is 35.5. The number of hydrogen-bond acceptors (Lipinski definition) is 5. The number of hydrogen-bond donors (Lipinski definition) is 2. The molecule has 1 aromatic carbocycles. The second-order valence-electron chi connectivity index (χ2n) is 5.77. The van der Waals surface area contributed by atoms with E-state index in [4.69, 9.17) is 17.3 Å². The first-order valence-corrected chi connectivity index (χ1v) is 8.74. The Morgan fingerprint density at radius 1 is 1.32 bits per heavy atom. The topological polar surface area (TPSA) is 80.9 Å². The van der Waals surface area contributed by atoms with E-state index in [1.54, 1.807) is 13.0 Å². The highest BCUT2D eigenvalue weighted by Crippen LogP contribution is 2.34. The molecule has 0 atom stereocenters. The maximum Gasteiger partial charge on any atom is 0.263 e. The van der Waals surface area contributed by atoms with Crippen molar-refractivity contribution in [2.24, 2.45) is 0 Å². The van der Waals surface area contributed by atoms with Gasteiger partial charge in [0.05, 0.1) is 16.4 Å². The predicted octanol–water partition coefficient (Wildman–Crippen LogP) is 3.92. The largest absolute Gasteiger partial charge is 0.397 e. The van der Waals surface area contributed by atoms with Gasteiger partial charge in [0.1, 0.15) is 15.5 Å². The average Bonchev–Trinajstić information content (AvgIpc) is 2.92. The van der Waals surface area contributed by atoms with Crippen molar-refractivity contribution in [3.8, 4) is 0 Å². The molecule has 3 N–H and O–H groups in total. The quantitative estimate of drug-likeness (QED) is 0.723. The van der Waals surface area contributed by atoms with Crippen molar-refractivity contribution < 1.29 is 9.18 Å². The van der Waals surface area contributed by atoms with Crippen LogP contribution in [0.3, 0.4) is 0 Å². The average molecular weight is 379 g/mol. The summed E-state index contributed by atoms with van der Waals surface area (Å²) in [6.07, 6.45) is 0. The third-order valence-electron chi connectivity index (χ3n) is 4.15. The van der Waals surface area contributed by atoms with Crippen LogP contribution < -0.4 is 11.1 Å². The van der Waals surface area contributed by atoms with Gasteiger partial charge in [0, 0.05) is 17.5 Å². The summed E-state index contributed by atoms with van der Waals surface area (Å²) in [5, 5.41) is 11.9. The molecule has 0 aliphatic carbocycles. The van der Waals surface area contributed by atoms with Gasteiger partial charge in [0.25, 0.3) is 5.91 Å². The van der Waals surface area contributed by atoms with Crippen LogP contribution in [0.2, 0.25) is 5.02 Å². The molecule has 130 valence electrons. The number of nitrogens with one attached hydrogen (secondary N) is 1. The van der Waals surface area contributed by atoms with E-state index in [2.05, 4.69) is 15.5 Å². The van der Waals surface area contributed by atoms with Crippen LogP contribution in [-0.2, 0) is 6.54 Å². The molecule has 0 spiro atoms. The van der Waals surface area contributed by atoms with E-state index < -0.39 is 11.7 Å². The zero-order valence-corrected chi connectivity index (χ0v) is 15.5. The molecule has 25 heavy (non-hydrogen) atoms. The molecule has 3 rings (SSSR count). The lowest BCUT2D eigenvalue weighted by molar-refractivity contribution is 0.0955. The number of aryl methyl sites for hydroxylation is 3. The van der Waals surface area contributed by atoms with Gasteiger partial charge in [0.2, 0.25) is 0 Å². The second kappa shape index (κ2) is 6.57. The first kappa shape index (κ1) is 17.6. The predicted molar refractivity (Wildman–Crippen MR) is 98.6 cm³/mol. The Kier molecular flexibility index (Phi) is 4.62. The fourth-order valence-corrected chi connectivity index (χ4v) is 3.77. The van der Waals surface area contributed by atoms with E-state index in [0.29, 0.717) is 20.4 Å². The smallest absolute Gasteiger partial charge is 0.263 e. The summed E-state index contributed by atoms with van der Waals surface area (Å²) < 4.78 is 14.0. The van der Waals surface area contributed by atoms with Gasteiger partial charge < -0.3 is 11.1 Å². The molecule has 0 unspecified atom stereocenters. The van der Waals surface area contributed by atoms with Crippen molar-refractivity contribution in [3.63, 3.8) is 0 Å². The van der Waals surface area contributed by atoms with Crippen LogP contribution in [0.25, 0.3) is 10.2 Å². The molecular formula is C17H16ClFN4OS. The minimum Gasteiger partial charge on any atom is -0.397 e. The number of nitrogens with zero attached hydrogens (tertiary/aromatic N) is 2. The molecule has 0 radical (unpaired) electrons. The van der Waals surface area contributed by atoms with Gasteiger partial charge in [-0.2, -0.15) is 5.10 Å². The van der Waals surface area contributed by atoms with E-state index in [1.165, 1.54) is 6.07 Å². The summed E-state index contributed by atoms with van der Waals surface area (Å²) >= 11 is 7.29. The van der Waals surface area contributed by atoms with E-state index >= 15 is 0 Å². The van der Waals surface area contributed by atoms with Crippen LogP contribution in [-0.4, -0.2) is 16.1 Å². The van der Waals surface area contributed by atoms with Crippen LogP contribution in [0.5, 0.6) is 0 Å². The van der Waals surface area contributed by atoms with Crippen LogP contribution >= 0.6 is 22.9 Å². The molecule has 0 saturated heterocycles. The Hall–Kier alpha value is -2.25. The van der Waals surface area contributed by atoms with Gasteiger partial charge in [-0.1, -0.05) is 17.7 Å². The summed E-state index contributed by atoms with van der Waals surface area (Å²) in [7, 11) is 0. The fraction of sp³-hybridized carbons (Fsp3) is 0.235. The second-order valence-corrected chi connectivity index (χ2v) is 7.15. The van der Waals surface area contributed by atoms with Crippen LogP contribution in [0.1, 0.15) is 32.1 Å². The van der Waals surface area contributed by atoms with E-state index in [1.807, 2.05) is 13.8 Å². The third kappa shape index (κ3) is 3.05. The van der Waals surface area contributed by atoms with Crippen molar-refractivity contribution in [2.45, 2.75) is 27.3 Å². The molecule has 3 aromatic rings. The minimum atomic E-state index is -0.461. The van der Waals surface area contributed by atoms with Crippen LogP contribution in [0.4, 0.5) is 10.1 Å². The van der Waals surface area contributed by atoms with Crippen molar-refractivity contribution >= 4 is 44.7 Å². The molecular weight excluding hydrogens is 363 g/mol. The molecule has 1 amide bonds. The summed E-state index contributed by atoms with van der Waals surface area (Å²) in [5.74, 6) is -0.855. The van der Waals surface area contributed by atoms with E-state index in [-0.39, 0.29) is 12.1 Å². The van der Waals surface area contributed by atoms with Crippen molar-refractivity contribution in [3.05, 3.63) is 50.2 Å². The summed E-state index contributed by atoms with van der Waals surface area (Å²) in [4.78, 5) is 13.5. The highest BCUT2D eigenvalue weighted by Gasteiger charge is 2.20. The number of nitrogen functional groups attached to an aromatic ring is 1. The number of benzene rings is 1. The zero-order valence-electron chi connectivity index (χ0n) is 13.9. The van der Waals surface area contributed by atoms with Crippen molar-refractivity contribution in [2.75, 3.05) is 5.73 Å². The number of anilines is 1. The minimum absolute atomic E-state index is 0.0252. The molecule has 0 aliphatic heterocycles. The standard InChI is InChI=1S/C17H16ClFN4OS/c1-7-4-5-11(19)10(13(7)18)6-21-16(24)15-14(20)12-8(2)9(3)22-23-17(12)25-15/h4-5H,6,20H2,1-3H3,(H,21,24). The maximum absolute atomic E-state index is 14.0. The molecule has 2 heterocycles. The van der Waals surface area contributed by atoms with E-state index in [0.717, 1.165) is 33.5 Å². The SMILES string of the molecule is Cc1ccc(F)c(CNC(=O)c2sc3nnc(C)c(C)c3c2N)c1Cl. The van der Waals surface area contributed by atoms with Gasteiger partial charge >= 0.3 is 0 Å². The molecule has 0 aliphatic rings. The summed E-state index contributed by atoms with van der Waals surface area (Å²) in [5.41, 5.74) is 9.16. The lowest BCUT2D eigenvalue weighted by atomic mass is 10.1. The number of thiophene rings is 1. The zero-order chi connectivity index (χ0) is 18.3. The number of carbonyl (C=O) groups excluding carboxylic acids is 1. The summed E-state index contributed by atoms with van der Waals surface area (Å²) in [6, 6.07) is 2.93. The first-order chi connectivity index (χ1) is 11.8. The Balaban J connectivity index is 1.90. The number of rotatable bonds is 3. The Morgan fingerprint density at radius 3 is 2.76 bits per heavy atom. The number of nitrogens with two attached hydrogens (primary N) is 1. The highest BCUT2D eigenvalue weighted by molar-refractivity contribution is 7.21. The Labute approximate surface area is 153 Å². The van der Waals surface area contributed by atoms with Crippen molar-refractivity contribution in [1.29, 1.82) is 0 Å². The van der Waals surface area contributed by atoms with Gasteiger partial charge in [-0.3, -0.25) is 4.79 Å². The summed E-state index contributed by atoms with van der Waals surface area (Å²) in [6.45, 7) is 5.48. The molecule has 2 aromatic heterocycles. The Morgan fingerprint density at radius 2 is 2.04 bits per heavy atom. The normalized spacial score (nSPS) is 11.1. The lowest BCUT2D eigenvalue weighted by Crippen LogP contribution is -2.23. The maximum atomic E-state index is 14.0. The molecule has 8 heteroatoms. The number of aromatic nitrogens is 2. The van der Waals surface area contributed by atoms with Crippen molar-refractivity contribution in [1.82, 2.24) is 15.5 Å². The molecule has 0 fully saturated rings. The van der Waals surface area contributed by atoms with Gasteiger partial charge in [-0.05, 0) is 38.0 Å². The number of fused-ring (bicyclic) bond motifs is 1. The molecule has 0 bridgehead atoms. The van der Waals surface area contributed by atoms with Gasteiger partial charge in [-0.25, -0.2) is 4.39 Å². The first-order valence-electron chi connectivity index (χ1n) is 7.54.